The third-order valence-corrected chi connectivity index (χ3v) is 5.40. The number of nitrogens with one attached hydrogen (secondary N) is 1. The third kappa shape index (κ3) is 4.33. The van der Waals surface area contributed by atoms with E-state index in [0.717, 1.165) is 20.8 Å². The Bertz CT molecular complexity index is 402. The highest BCUT2D eigenvalue weighted by molar-refractivity contribution is 7.20. The Kier molecular flexibility index (Phi) is 5.97. The molecule has 0 spiro atoms. The maximum atomic E-state index is 6.19. The van der Waals surface area contributed by atoms with Crippen LogP contribution in [0.25, 0.3) is 0 Å². The predicted molar refractivity (Wildman–Crippen MR) is 85.6 cm³/mol. The number of hydrogen-bond acceptors (Lipinski definition) is 3. The fourth-order valence-corrected chi connectivity index (χ4v) is 4.24. The van der Waals surface area contributed by atoms with Gasteiger partial charge in [0.2, 0.25) is 0 Å². The second kappa shape index (κ2) is 7.28. The van der Waals surface area contributed by atoms with Crippen molar-refractivity contribution in [2.24, 2.45) is 0 Å². The third-order valence-electron chi connectivity index (χ3n) is 3.88. The molecule has 0 aromatic carbocycles. The van der Waals surface area contributed by atoms with E-state index >= 15 is 0 Å². The Morgan fingerprint density at radius 2 is 1.95 bits per heavy atom. The number of nitrogens with zero attached hydrogens (tertiary/aromatic N) is 1. The number of rotatable bonds is 5. The van der Waals surface area contributed by atoms with Crippen molar-refractivity contribution in [3.8, 4) is 0 Å². The molecule has 5 heteroatoms. The number of hydrogen-bond donors (Lipinski definition) is 1. The topological polar surface area (TPSA) is 15.3 Å². The molecular formula is C14H22Cl2N2S. The summed E-state index contributed by atoms with van der Waals surface area (Å²) in [6, 6.07) is 2.80. The van der Waals surface area contributed by atoms with E-state index in [4.69, 9.17) is 23.2 Å². The maximum Gasteiger partial charge on any atom is 0.0991 e. The molecule has 0 amide bonds. The number of likely N-dealkylation sites (tertiary alicyclic amines) is 1. The van der Waals surface area contributed by atoms with Crippen LogP contribution in [0, 0.1) is 0 Å². The first-order valence-electron chi connectivity index (χ1n) is 7.00. The van der Waals surface area contributed by atoms with E-state index < -0.39 is 0 Å². The molecule has 1 N–H and O–H groups in total. The number of halogens is 2. The largest absolute Gasteiger partial charge is 0.309 e. The van der Waals surface area contributed by atoms with Gasteiger partial charge in [-0.05, 0) is 51.4 Å². The lowest BCUT2D eigenvalue weighted by molar-refractivity contribution is 0.168. The van der Waals surface area contributed by atoms with Crippen molar-refractivity contribution in [3.05, 3.63) is 20.3 Å². The van der Waals surface area contributed by atoms with E-state index in [-0.39, 0.29) is 6.04 Å². The van der Waals surface area contributed by atoms with Gasteiger partial charge in [-0.2, -0.15) is 0 Å². The summed E-state index contributed by atoms with van der Waals surface area (Å²) in [5, 5.41) is 3.57. The highest BCUT2D eigenvalue weighted by Crippen LogP contribution is 2.34. The van der Waals surface area contributed by atoms with E-state index in [9.17, 15) is 0 Å². The molecular weight excluding hydrogens is 299 g/mol. The van der Waals surface area contributed by atoms with Crippen molar-refractivity contribution < 1.29 is 0 Å². The van der Waals surface area contributed by atoms with Crippen LogP contribution < -0.4 is 5.32 Å². The summed E-state index contributed by atoms with van der Waals surface area (Å²) in [4.78, 5) is 2.57. The molecule has 1 aromatic heterocycles. The van der Waals surface area contributed by atoms with Crippen LogP contribution in [0.4, 0.5) is 0 Å². The highest BCUT2D eigenvalue weighted by Gasteiger charge is 2.18. The maximum absolute atomic E-state index is 6.19. The van der Waals surface area contributed by atoms with E-state index in [1.807, 2.05) is 6.07 Å². The average molecular weight is 321 g/mol. The fraction of sp³-hybridized carbons (Fsp3) is 0.714. The molecule has 0 radical (unpaired) electrons. The molecule has 2 unspecified atom stereocenters. The summed E-state index contributed by atoms with van der Waals surface area (Å²) in [7, 11) is 0. The van der Waals surface area contributed by atoms with Crippen molar-refractivity contribution >= 4 is 34.5 Å². The van der Waals surface area contributed by atoms with Crippen LogP contribution in [-0.2, 0) is 0 Å². The van der Waals surface area contributed by atoms with E-state index in [0.29, 0.717) is 6.04 Å². The van der Waals surface area contributed by atoms with Gasteiger partial charge in [0, 0.05) is 18.6 Å². The monoisotopic (exact) mass is 320 g/mol. The Morgan fingerprint density at radius 1 is 1.26 bits per heavy atom. The standard InChI is InChI=1S/C14H22Cl2N2S/c1-10(18-6-4-3-5-7-18)9-17-11(2)12-8-13(15)19-14(12)16/h8,10-11,17H,3-7,9H2,1-2H3. The van der Waals surface area contributed by atoms with Gasteiger partial charge in [0.1, 0.15) is 0 Å². The minimum atomic E-state index is 0.253. The van der Waals surface area contributed by atoms with Crippen molar-refractivity contribution in [2.45, 2.75) is 45.2 Å². The molecule has 1 aliphatic heterocycles. The van der Waals surface area contributed by atoms with Crippen LogP contribution in [-0.4, -0.2) is 30.6 Å². The Labute approximate surface area is 130 Å². The molecule has 0 bridgehead atoms. The Morgan fingerprint density at radius 3 is 2.53 bits per heavy atom. The van der Waals surface area contributed by atoms with Crippen LogP contribution in [0.1, 0.15) is 44.7 Å². The minimum Gasteiger partial charge on any atom is -0.309 e. The van der Waals surface area contributed by atoms with Gasteiger partial charge in [-0.15, -0.1) is 11.3 Å². The van der Waals surface area contributed by atoms with Gasteiger partial charge in [-0.1, -0.05) is 29.6 Å². The zero-order chi connectivity index (χ0) is 13.8. The van der Waals surface area contributed by atoms with E-state index in [1.54, 1.807) is 0 Å². The Hall–Kier alpha value is 0.200. The summed E-state index contributed by atoms with van der Waals surface area (Å²) >= 11 is 13.6. The lowest BCUT2D eigenvalue weighted by atomic mass is 10.1. The second-order valence-corrected chi connectivity index (χ2v) is 7.64. The predicted octanol–water partition coefficient (Wildman–Crippen LogP) is 4.58. The van der Waals surface area contributed by atoms with Crippen LogP contribution in [0.2, 0.25) is 8.67 Å². The first kappa shape index (κ1) is 15.6. The van der Waals surface area contributed by atoms with Crippen molar-refractivity contribution in [1.82, 2.24) is 10.2 Å². The SMILES string of the molecule is CC(NCC(C)N1CCCCC1)c1cc(Cl)sc1Cl. The smallest absolute Gasteiger partial charge is 0.0991 e. The van der Waals surface area contributed by atoms with Gasteiger partial charge in [0.25, 0.3) is 0 Å². The molecule has 2 rings (SSSR count). The minimum absolute atomic E-state index is 0.253. The summed E-state index contributed by atoms with van der Waals surface area (Å²) < 4.78 is 1.56. The molecule has 0 aliphatic carbocycles. The van der Waals surface area contributed by atoms with Gasteiger partial charge >= 0.3 is 0 Å². The molecule has 108 valence electrons. The fourth-order valence-electron chi connectivity index (χ4n) is 2.59. The number of thiophene rings is 1. The van der Waals surface area contributed by atoms with Gasteiger partial charge < -0.3 is 5.32 Å². The molecule has 2 heterocycles. The first-order valence-corrected chi connectivity index (χ1v) is 8.57. The molecule has 2 nitrogen and oxygen atoms in total. The molecule has 1 aromatic rings. The van der Waals surface area contributed by atoms with Crippen molar-refractivity contribution in [3.63, 3.8) is 0 Å². The first-order chi connectivity index (χ1) is 9.08. The van der Waals surface area contributed by atoms with E-state index in [2.05, 4.69) is 24.1 Å². The lowest BCUT2D eigenvalue weighted by Gasteiger charge is -2.33. The molecule has 19 heavy (non-hydrogen) atoms. The molecule has 1 fully saturated rings. The summed E-state index contributed by atoms with van der Waals surface area (Å²) in [5.41, 5.74) is 1.11. The summed E-state index contributed by atoms with van der Waals surface area (Å²) in [6.07, 6.45) is 4.06. The Balaban J connectivity index is 1.82. The lowest BCUT2D eigenvalue weighted by Crippen LogP contribution is -2.43. The molecule has 1 saturated heterocycles. The average Bonchev–Trinajstić information content (AvgIpc) is 2.75. The van der Waals surface area contributed by atoms with Crippen LogP contribution in [0.3, 0.4) is 0 Å². The zero-order valence-electron chi connectivity index (χ0n) is 11.6. The van der Waals surface area contributed by atoms with Gasteiger partial charge in [-0.3, -0.25) is 4.90 Å². The van der Waals surface area contributed by atoms with Crippen LogP contribution in [0.15, 0.2) is 6.07 Å². The van der Waals surface area contributed by atoms with Crippen molar-refractivity contribution in [2.75, 3.05) is 19.6 Å². The van der Waals surface area contributed by atoms with E-state index in [1.165, 1.54) is 43.7 Å². The van der Waals surface area contributed by atoms with Gasteiger partial charge in [0.05, 0.1) is 8.67 Å². The summed E-state index contributed by atoms with van der Waals surface area (Å²) in [5.74, 6) is 0. The van der Waals surface area contributed by atoms with Crippen LogP contribution in [0.5, 0.6) is 0 Å². The molecule has 2 atom stereocenters. The zero-order valence-corrected chi connectivity index (χ0v) is 13.9. The van der Waals surface area contributed by atoms with Gasteiger partial charge in [-0.25, -0.2) is 0 Å². The van der Waals surface area contributed by atoms with Crippen LogP contribution >= 0.6 is 34.5 Å². The number of piperidine rings is 1. The quantitative estimate of drug-likeness (QED) is 0.854. The normalized spacial score (nSPS) is 20.4. The van der Waals surface area contributed by atoms with Gasteiger partial charge in [0.15, 0.2) is 0 Å². The second-order valence-electron chi connectivity index (χ2n) is 5.36. The molecule has 1 aliphatic rings. The highest BCUT2D eigenvalue weighted by atomic mass is 35.5. The molecule has 0 saturated carbocycles. The summed E-state index contributed by atoms with van der Waals surface area (Å²) in [6.45, 7) is 7.91. The van der Waals surface area contributed by atoms with Crippen molar-refractivity contribution in [1.29, 1.82) is 0 Å².